The summed E-state index contributed by atoms with van der Waals surface area (Å²) >= 11 is 2.01. The fourth-order valence-electron chi connectivity index (χ4n) is 2.45. The second-order valence-corrected chi connectivity index (χ2v) is 8.86. The van der Waals surface area contributed by atoms with Crippen LogP contribution in [0.4, 0.5) is 16.2 Å². The molecule has 0 radical (unpaired) electrons. The van der Waals surface area contributed by atoms with E-state index in [1.165, 1.54) is 12.2 Å². The van der Waals surface area contributed by atoms with Crippen molar-refractivity contribution in [3.8, 4) is 0 Å². The number of hydrogen-bond donors (Lipinski definition) is 2. The van der Waals surface area contributed by atoms with Gasteiger partial charge in [0.15, 0.2) is 0 Å². The number of ether oxygens (including phenoxy) is 1. The van der Waals surface area contributed by atoms with E-state index < -0.39 is 11.7 Å². The summed E-state index contributed by atoms with van der Waals surface area (Å²) in [6.45, 7) is 10.2. The van der Waals surface area contributed by atoms with E-state index in [-0.39, 0.29) is 0 Å². The van der Waals surface area contributed by atoms with Crippen molar-refractivity contribution >= 4 is 29.2 Å². The van der Waals surface area contributed by atoms with Gasteiger partial charge in [-0.1, -0.05) is 13.8 Å². The smallest absolute Gasteiger partial charge is 0.412 e. The summed E-state index contributed by atoms with van der Waals surface area (Å²) in [5.41, 5.74) is 1.64. The van der Waals surface area contributed by atoms with Crippen LogP contribution in [0.2, 0.25) is 0 Å². The number of anilines is 2. The lowest BCUT2D eigenvalue weighted by atomic mass is 9.82. The lowest BCUT2D eigenvalue weighted by molar-refractivity contribution is 0.0636. The molecule has 0 aromatic heterocycles. The highest BCUT2D eigenvalue weighted by Crippen LogP contribution is 2.36. The van der Waals surface area contributed by atoms with Gasteiger partial charge < -0.3 is 10.1 Å². The Morgan fingerprint density at radius 1 is 1.22 bits per heavy atom. The van der Waals surface area contributed by atoms with Gasteiger partial charge in [0, 0.05) is 23.2 Å². The maximum atomic E-state index is 11.8. The van der Waals surface area contributed by atoms with Crippen molar-refractivity contribution in [1.82, 2.24) is 0 Å². The van der Waals surface area contributed by atoms with Gasteiger partial charge in [-0.15, -0.1) is 0 Å². The van der Waals surface area contributed by atoms with E-state index in [9.17, 15) is 4.79 Å². The Bertz CT molecular complexity index is 535. The minimum absolute atomic E-state index is 0.304. The molecule has 1 aromatic rings. The van der Waals surface area contributed by atoms with E-state index in [1.54, 1.807) is 0 Å². The number of carbonyl (C=O) groups excluding carboxylic acids is 1. The Kier molecular flexibility index (Phi) is 5.50. The van der Waals surface area contributed by atoms with Gasteiger partial charge in [0.1, 0.15) is 5.60 Å². The molecule has 1 atom stereocenters. The minimum atomic E-state index is -0.490. The van der Waals surface area contributed by atoms with Gasteiger partial charge in [0.25, 0.3) is 0 Å². The summed E-state index contributed by atoms with van der Waals surface area (Å²) in [5.74, 6) is 2.37. The Hall–Kier alpha value is -1.36. The topological polar surface area (TPSA) is 50.4 Å². The normalized spacial score (nSPS) is 20.7. The van der Waals surface area contributed by atoms with Crippen LogP contribution < -0.4 is 10.6 Å². The van der Waals surface area contributed by atoms with Gasteiger partial charge in [-0.3, -0.25) is 5.32 Å². The average Bonchev–Trinajstić information content (AvgIpc) is 2.41. The highest BCUT2D eigenvalue weighted by molar-refractivity contribution is 7.99. The number of amides is 1. The van der Waals surface area contributed by atoms with Crippen LogP contribution in [0.5, 0.6) is 0 Å². The van der Waals surface area contributed by atoms with E-state index >= 15 is 0 Å². The predicted octanol–water partition coefficient (Wildman–Crippen LogP) is 4.98. The molecule has 0 saturated carbocycles. The zero-order valence-electron chi connectivity index (χ0n) is 14.7. The molecule has 23 heavy (non-hydrogen) atoms. The van der Waals surface area contributed by atoms with E-state index in [1.807, 2.05) is 56.8 Å². The first kappa shape index (κ1) is 18.0. The van der Waals surface area contributed by atoms with Crippen LogP contribution in [0, 0.1) is 5.41 Å². The van der Waals surface area contributed by atoms with Crippen molar-refractivity contribution in [1.29, 1.82) is 0 Å². The van der Waals surface area contributed by atoms with Gasteiger partial charge in [-0.05, 0) is 62.6 Å². The van der Waals surface area contributed by atoms with Crippen LogP contribution in [-0.2, 0) is 4.74 Å². The van der Waals surface area contributed by atoms with Crippen molar-refractivity contribution in [2.24, 2.45) is 5.41 Å². The van der Waals surface area contributed by atoms with E-state index in [0.717, 1.165) is 17.1 Å². The molecule has 0 spiro atoms. The maximum Gasteiger partial charge on any atom is 0.412 e. The Morgan fingerprint density at radius 2 is 1.83 bits per heavy atom. The third kappa shape index (κ3) is 5.65. The average molecular weight is 337 g/mol. The first-order valence-corrected chi connectivity index (χ1v) is 9.25. The van der Waals surface area contributed by atoms with Gasteiger partial charge in [-0.2, -0.15) is 11.8 Å². The second-order valence-electron chi connectivity index (χ2n) is 7.71. The molecular formula is C18H28N2O2S. The summed E-state index contributed by atoms with van der Waals surface area (Å²) < 4.78 is 5.25. The van der Waals surface area contributed by atoms with Gasteiger partial charge in [0.2, 0.25) is 0 Å². The lowest BCUT2D eigenvalue weighted by Gasteiger charge is -2.39. The van der Waals surface area contributed by atoms with Gasteiger partial charge in [-0.25, -0.2) is 4.79 Å². The maximum absolute atomic E-state index is 11.8. The molecule has 1 aliphatic rings. The molecule has 1 fully saturated rings. The minimum Gasteiger partial charge on any atom is -0.444 e. The highest BCUT2D eigenvalue weighted by atomic mass is 32.2. The second kappa shape index (κ2) is 7.04. The molecule has 1 amide bonds. The summed E-state index contributed by atoms with van der Waals surface area (Å²) in [5, 5.41) is 6.38. The third-order valence-electron chi connectivity index (χ3n) is 3.99. The zero-order valence-corrected chi connectivity index (χ0v) is 15.5. The number of thioether (sulfide) groups is 1. The highest BCUT2D eigenvalue weighted by Gasteiger charge is 2.32. The Labute approximate surface area is 143 Å². The number of nitrogens with one attached hydrogen (secondary N) is 2. The standard InChI is InChI=1S/C18H28N2O2S/c1-17(2,3)22-16(21)20-14-8-6-13(7-9-14)19-15-12-23-11-10-18(15,4)5/h6-9,15,19H,10-12H2,1-5H3,(H,20,21). The number of rotatable bonds is 3. The number of carbonyl (C=O) groups is 1. The van der Waals surface area contributed by atoms with Crippen molar-refractivity contribution < 1.29 is 9.53 Å². The molecule has 2 rings (SSSR count). The molecule has 1 aliphatic heterocycles. The van der Waals surface area contributed by atoms with Crippen LogP contribution in [0.25, 0.3) is 0 Å². The molecule has 4 nitrogen and oxygen atoms in total. The molecule has 128 valence electrons. The quantitative estimate of drug-likeness (QED) is 0.817. The lowest BCUT2D eigenvalue weighted by Crippen LogP contribution is -2.41. The van der Waals surface area contributed by atoms with Crippen molar-refractivity contribution in [3.05, 3.63) is 24.3 Å². The number of hydrogen-bond acceptors (Lipinski definition) is 4. The third-order valence-corrected chi connectivity index (χ3v) is 5.05. The summed E-state index contributed by atoms with van der Waals surface area (Å²) in [6, 6.07) is 8.26. The first-order valence-electron chi connectivity index (χ1n) is 8.10. The van der Waals surface area contributed by atoms with E-state index in [2.05, 4.69) is 24.5 Å². The molecular weight excluding hydrogens is 308 g/mol. The van der Waals surface area contributed by atoms with Crippen LogP contribution in [-0.4, -0.2) is 29.2 Å². The largest absolute Gasteiger partial charge is 0.444 e. The number of benzene rings is 1. The van der Waals surface area contributed by atoms with Gasteiger partial charge in [0.05, 0.1) is 0 Å². The monoisotopic (exact) mass is 336 g/mol. The van der Waals surface area contributed by atoms with Crippen molar-refractivity contribution in [2.45, 2.75) is 52.7 Å². The molecule has 5 heteroatoms. The molecule has 1 aromatic carbocycles. The molecule has 1 unspecified atom stereocenters. The zero-order chi connectivity index (χ0) is 17.1. The molecule has 1 saturated heterocycles. The van der Waals surface area contributed by atoms with Crippen LogP contribution in [0.1, 0.15) is 41.0 Å². The van der Waals surface area contributed by atoms with Crippen LogP contribution in [0.15, 0.2) is 24.3 Å². The fourth-order valence-corrected chi connectivity index (χ4v) is 4.05. The molecule has 2 N–H and O–H groups in total. The van der Waals surface area contributed by atoms with Crippen LogP contribution in [0.3, 0.4) is 0 Å². The predicted molar refractivity (Wildman–Crippen MR) is 99.4 cm³/mol. The fraction of sp³-hybridized carbons (Fsp3) is 0.611. The Balaban J connectivity index is 1.93. The molecule has 1 heterocycles. The summed E-state index contributed by atoms with van der Waals surface area (Å²) in [6.07, 6.45) is 0.802. The summed E-state index contributed by atoms with van der Waals surface area (Å²) in [7, 11) is 0. The van der Waals surface area contributed by atoms with Crippen molar-refractivity contribution in [3.63, 3.8) is 0 Å². The summed E-state index contributed by atoms with van der Waals surface area (Å²) in [4.78, 5) is 11.8. The van der Waals surface area contributed by atoms with E-state index in [4.69, 9.17) is 4.74 Å². The van der Waals surface area contributed by atoms with Crippen LogP contribution >= 0.6 is 11.8 Å². The molecule has 0 aliphatic carbocycles. The van der Waals surface area contributed by atoms with Gasteiger partial charge >= 0.3 is 6.09 Å². The van der Waals surface area contributed by atoms with Crippen molar-refractivity contribution in [2.75, 3.05) is 22.1 Å². The molecule has 0 bridgehead atoms. The Morgan fingerprint density at radius 3 is 2.39 bits per heavy atom. The SMILES string of the molecule is CC(C)(C)OC(=O)Nc1ccc(NC2CSCCC2(C)C)cc1. The first-order chi connectivity index (χ1) is 10.7. The van der Waals surface area contributed by atoms with E-state index in [0.29, 0.717) is 11.5 Å².